The summed E-state index contributed by atoms with van der Waals surface area (Å²) < 4.78 is 29.8. The fourth-order valence-electron chi connectivity index (χ4n) is 3.76. The van der Waals surface area contributed by atoms with E-state index in [0.29, 0.717) is 13.0 Å². The number of hydrogen-bond acceptors (Lipinski definition) is 3. The van der Waals surface area contributed by atoms with Gasteiger partial charge >= 0.3 is 0 Å². The topological polar surface area (TPSA) is 83.5 Å². The van der Waals surface area contributed by atoms with E-state index in [2.05, 4.69) is 12.2 Å². The predicted octanol–water partition coefficient (Wildman–Crippen LogP) is 6.81. The number of rotatable bonds is 23. The molecule has 0 saturated carbocycles. The first-order valence-electron chi connectivity index (χ1n) is 12.7. The Hall–Kier alpha value is -0.620. The van der Waals surface area contributed by atoms with Gasteiger partial charge < -0.3 is 5.32 Å². The number of carbonyl (C=O) groups excluding carboxylic acids is 1. The summed E-state index contributed by atoms with van der Waals surface area (Å²) in [5.41, 5.74) is 0. The van der Waals surface area contributed by atoms with Crippen LogP contribution in [-0.2, 0) is 14.9 Å². The van der Waals surface area contributed by atoms with Crippen molar-refractivity contribution in [3.05, 3.63) is 0 Å². The van der Waals surface area contributed by atoms with E-state index >= 15 is 0 Å². The van der Waals surface area contributed by atoms with Gasteiger partial charge in [-0.25, -0.2) is 0 Å². The van der Waals surface area contributed by atoms with Crippen LogP contribution in [-0.4, -0.2) is 31.2 Å². The highest BCUT2D eigenvalue weighted by Gasteiger charge is 2.05. The monoisotopic (exact) mass is 447 g/mol. The second kappa shape index (κ2) is 21.6. The first-order chi connectivity index (χ1) is 14.5. The van der Waals surface area contributed by atoms with E-state index < -0.39 is 10.1 Å². The zero-order valence-electron chi connectivity index (χ0n) is 19.6. The van der Waals surface area contributed by atoms with E-state index in [4.69, 9.17) is 4.55 Å². The third-order valence-electron chi connectivity index (χ3n) is 5.66. The predicted molar refractivity (Wildman–Crippen MR) is 127 cm³/mol. The highest BCUT2D eigenvalue weighted by Crippen LogP contribution is 2.14. The van der Waals surface area contributed by atoms with Crippen LogP contribution < -0.4 is 5.32 Å². The summed E-state index contributed by atoms with van der Waals surface area (Å²) in [6, 6.07) is 0. The lowest BCUT2D eigenvalue weighted by Gasteiger charge is -2.05. The van der Waals surface area contributed by atoms with Gasteiger partial charge in [0.05, 0.1) is 5.75 Å². The van der Waals surface area contributed by atoms with Crippen molar-refractivity contribution < 1.29 is 17.8 Å². The number of unbranched alkanes of at least 4 members (excludes halogenated alkanes) is 17. The molecule has 0 aliphatic carbocycles. The van der Waals surface area contributed by atoms with E-state index in [9.17, 15) is 13.2 Å². The maximum Gasteiger partial charge on any atom is 0.264 e. The summed E-state index contributed by atoms with van der Waals surface area (Å²) >= 11 is 0. The highest BCUT2D eigenvalue weighted by molar-refractivity contribution is 7.85. The van der Waals surface area contributed by atoms with Crippen LogP contribution in [0.3, 0.4) is 0 Å². The summed E-state index contributed by atoms with van der Waals surface area (Å²) in [6.07, 6.45) is 24.7. The normalized spacial score (nSPS) is 11.7. The Morgan fingerprint density at radius 2 is 1.00 bits per heavy atom. The van der Waals surface area contributed by atoms with Crippen molar-refractivity contribution in [1.29, 1.82) is 0 Å². The summed E-state index contributed by atoms with van der Waals surface area (Å²) in [5.74, 6) is -0.325. The molecule has 0 radical (unpaired) electrons. The Balaban J connectivity index is 3.16. The third-order valence-corrected chi connectivity index (χ3v) is 6.46. The smallest absolute Gasteiger partial charge is 0.264 e. The lowest BCUT2D eigenvalue weighted by molar-refractivity contribution is -0.121. The Kier molecular flexibility index (Phi) is 21.2. The largest absolute Gasteiger partial charge is 0.356 e. The molecular formula is C24H49NO4S. The van der Waals surface area contributed by atoms with Crippen LogP contribution in [0.1, 0.15) is 135 Å². The van der Waals surface area contributed by atoms with Gasteiger partial charge in [-0.2, -0.15) is 8.42 Å². The van der Waals surface area contributed by atoms with Gasteiger partial charge in [-0.1, -0.05) is 116 Å². The Labute approximate surface area is 186 Å². The van der Waals surface area contributed by atoms with Gasteiger partial charge in [-0.3, -0.25) is 9.35 Å². The van der Waals surface area contributed by atoms with Gasteiger partial charge in [0.1, 0.15) is 0 Å². The molecule has 30 heavy (non-hydrogen) atoms. The van der Waals surface area contributed by atoms with Gasteiger partial charge in [0, 0.05) is 13.0 Å². The molecule has 0 rings (SSSR count). The number of nitrogens with one attached hydrogen (secondary N) is 1. The lowest BCUT2D eigenvalue weighted by atomic mass is 10.0. The van der Waals surface area contributed by atoms with Crippen molar-refractivity contribution in [3.63, 3.8) is 0 Å². The maximum absolute atomic E-state index is 11.6. The molecule has 5 nitrogen and oxygen atoms in total. The highest BCUT2D eigenvalue weighted by atomic mass is 32.2. The van der Waals surface area contributed by atoms with E-state index in [0.717, 1.165) is 12.8 Å². The van der Waals surface area contributed by atoms with Crippen LogP contribution >= 0.6 is 0 Å². The fourth-order valence-corrected chi connectivity index (χ4v) is 4.27. The van der Waals surface area contributed by atoms with Crippen LogP contribution in [0.4, 0.5) is 0 Å². The van der Waals surface area contributed by atoms with Crippen molar-refractivity contribution in [2.75, 3.05) is 12.3 Å². The van der Waals surface area contributed by atoms with E-state index in [1.807, 2.05) is 0 Å². The van der Waals surface area contributed by atoms with Gasteiger partial charge in [-0.15, -0.1) is 0 Å². The van der Waals surface area contributed by atoms with Crippen LogP contribution in [0.5, 0.6) is 0 Å². The van der Waals surface area contributed by atoms with Crippen LogP contribution in [0, 0.1) is 0 Å². The fraction of sp³-hybridized carbons (Fsp3) is 0.958. The first kappa shape index (κ1) is 29.4. The second-order valence-electron chi connectivity index (χ2n) is 8.75. The zero-order chi connectivity index (χ0) is 22.3. The van der Waals surface area contributed by atoms with Crippen molar-refractivity contribution in [3.8, 4) is 0 Å². The molecule has 0 heterocycles. The molecule has 0 fully saturated rings. The van der Waals surface area contributed by atoms with Crippen LogP contribution in [0.2, 0.25) is 0 Å². The summed E-state index contributed by atoms with van der Waals surface area (Å²) in [5, 5.41) is 2.70. The minimum Gasteiger partial charge on any atom is -0.356 e. The Bertz CT molecular complexity index is 480. The first-order valence-corrected chi connectivity index (χ1v) is 14.3. The molecule has 1 amide bonds. The van der Waals surface area contributed by atoms with Crippen LogP contribution in [0.25, 0.3) is 0 Å². The zero-order valence-corrected chi connectivity index (χ0v) is 20.5. The average molecular weight is 448 g/mol. The summed E-state index contributed by atoms with van der Waals surface area (Å²) in [6.45, 7) is 2.58. The van der Waals surface area contributed by atoms with Crippen LogP contribution in [0.15, 0.2) is 0 Å². The SMILES string of the molecule is CCCCCCCCCCCCCCCCCCCCC(=O)NCCCS(=O)(=O)O. The van der Waals surface area contributed by atoms with E-state index in [1.54, 1.807) is 0 Å². The maximum atomic E-state index is 11.6. The molecular weight excluding hydrogens is 398 g/mol. The molecule has 0 aromatic heterocycles. The Morgan fingerprint density at radius 1 is 0.633 bits per heavy atom. The van der Waals surface area contributed by atoms with Gasteiger partial charge in [-0.05, 0) is 12.8 Å². The van der Waals surface area contributed by atoms with Gasteiger partial charge in [0.2, 0.25) is 5.91 Å². The molecule has 0 unspecified atom stereocenters. The molecule has 180 valence electrons. The van der Waals surface area contributed by atoms with E-state index in [-0.39, 0.29) is 18.1 Å². The average Bonchev–Trinajstić information content (AvgIpc) is 2.69. The molecule has 0 aliphatic heterocycles. The third kappa shape index (κ3) is 25.4. The molecule has 2 N–H and O–H groups in total. The quantitative estimate of drug-likeness (QED) is 0.133. The van der Waals surface area contributed by atoms with Crippen molar-refractivity contribution in [2.45, 2.75) is 135 Å². The van der Waals surface area contributed by atoms with Crippen molar-refractivity contribution in [1.82, 2.24) is 5.32 Å². The van der Waals surface area contributed by atoms with E-state index in [1.165, 1.54) is 103 Å². The van der Waals surface area contributed by atoms with Crippen molar-refractivity contribution in [2.24, 2.45) is 0 Å². The number of carbonyl (C=O) groups is 1. The number of amides is 1. The van der Waals surface area contributed by atoms with Gasteiger partial charge in [0.15, 0.2) is 0 Å². The second-order valence-corrected chi connectivity index (χ2v) is 10.3. The minimum atomic E-state index is -3.92. The standard InChI is InChI=1S/C24H49NO4S/c1-2-3-4-5-6-7-8-9-10-11-12-13-14-15-16-17-18-19-21-24(26)25-22-20-23-30(27,28)29/h2-23H2,1H3,(H,25,26)(H,27,28,29). The molecule has 0 saturated heterocycles. The molecule has 0 aromatic rings. The minimum absolute atomic E-state index is 0.0261. The molecule has 0 atom stereocenters. The molecule has 0 aliphatic rings. The van der Waals surface area contributed by atoms with Crippen molar-refractivity contribution >= 4 is 16.0 Å². The lowest BCUT2D eigenvalue weighted by Crippen LogP contribution is -2.25. The molecule has 6 heteroatoms. The molecule has 0 spiro atoms. The Morgan fingerprint density at radius 3 is 1.37 bits per heavy atom. The molecule has 0 bridgehead atoms. The number of hydrogen-bond donors (Lipinski definition) is 2. The summed E-state index contributed by atoms with van der Waals surface area (Å²) in [4.78, 5) is 11.6. The summed E-state index contributed by atoms with van der Waals surface area (Å²) in [7, 11) is -3.92. The molecule has 0 aromatic carbocycles. The van der Waals surface area contributed by atoms with Gasteiger partial charge in [0.25, 0.3) is 10.1 Å².